The Kier molecular flexibility index (Phi) is 3.77. The van der Waals surface area contributed by atoms with Crippen molar-refractivity contribution in [1.29, 1.82) is 0 Å². The van der Waals surface area contributed by atoms with Crippen LogP contribution in [0.15, 0.2) is 18.6 Å². The molecule has 2 aromatic heterocycles. The maximum Gasteiger partial charge on any atom is 0.389 e. The average molecular weight is 274 g/mol. The Morgan fingerprint density at radius 1 is 1.42 bits per heavy atom. The summed E-state index contributed by atoms with van der Waals surface area (Å²) in [6.45, 7) is -0.0534. The van der Waals surface area contributed by atoms with Crippen LogP contribution in [0, 0.1) is 0 Å². The van der Waals surface area contributed by atoms with Gasteiger partial charge in [-0.05, 0) is 6.42 Å². The number of halogens is 3. The molecule has 2 heterocycles. The zero-order valence-electron chi connectivity index (χ0n) is 10.2. The molecule has 0 amide bonds. The van der Waals surface area contributed by atoms with E-state index in [0.29, 0.717) is 11.5 Å². The van der Waals surface area contributed by atoms with Gasteiger partial charge in [0, 0.05) is 25.9 Å². The van der Waals surface area contributed by atoms with E-state index in [1.807, 2.05) is 0 Å². The van der Waals surface area contributed by atoms with Crippen molar-refractivity contribution in [1.82, 2.24) is 14.4 Å². The zero-order chi connectivity index (χ0) is 13.9. The second-order valence-electron chi connectivity index (χ2n) is 3.91. The number of nitrogens with zero attached hydrogens (tertiary/aromatic N) is 3. The summed E-state index contributed by atoms with van der Waals surface area (Å²) in [6, 6.07) is 0. The lowest BCUT2D eigenvalue weighted by atomic mass is 10.3. The van der Waals surface area contributed by atoms with Crippen molar-refractivity contribution in [3.8, 4) is 5.88 Å². The number of nitrogens with one attached hydrogen (secondary N) is 1. The molecule has 104 valence electrons. The van der Waals surface area contributed by atoms with Crippen LogP contribution in [-0.4, -0.2) is 34.2 Å². The van der Waals surface area contributed by atoms with Gasteiger partial charge in [0.25, 0.3) is 5.88 Å². The molecule has 0 aliphatic heterocycles. The Morgan fingerprint density at radius 2 is 2.21 bits per heavy atom. The van der Waals surface area contributed by atoms with Gasteiger partial charge in [0.15, 0.2) is 0 Å². The third-order valence-corrected chi connectivity index (χ3v) is 2.44. The summed E-state index contributed by atoms with van der Waals surface area (Å²) in [5, 5.41) is 2.84. The largest absolute Gasteiger partial charge is 0.475 e. The molecule has 0 unspecified atom stereocenters. The molecule has 0 atom stereocenters. The van der Waals surface area contributed by atoms with Crippen LogP contribution in [0.2, 0.25) is 0 Å². The SMILES string of the molecule is CNc1cn2ccnc2c(OCCCC(F)(F)F)n1. The van der Waals surface area contributed by atoms with E-state index in [2.05, 4.69) is 15.3 Å². The topological polar surface area (TPSA) is 51.5 Å². The molecule has 2 rings (SSSR count). The number of aromatic nitrogens is 3. The summed E-state index contributed by atoms with van der Waals surface area (Å²) in [7, 11) is 1.69. The molecule has 0 spiro atoms. The highest BCUT2D eigenvalue weighted by molar-refractivity contribution is 5.53. The van der Waals surface area contributed by atoms with Gasteiger partial charge in [-0.3, -0.25) is 4.40 Å². The van der Waals surface area contributed by atoms with Crippen molar-refractivity contribution >= 4 is 11.5 Å². The van der Waals surface area contributed by atoms with Gasteiger partial charge < -0.3 is 10.1 Å². The lowest BCUT2D eigenvalue weighted by molar-refractivity contribution is -0.136. The molecule has 0 fully saturated rings. The van der Waals surface area contributed by atoms with Crippen LogP contribution in [-0.2, 0) is 0 Å². The number of ether oxygens (including phenoxy) is 1. The predicted molar refractivity (Wildman–Crippen MR) is 63.3 cm³/mol. The minimum atomic E-state index is -4.16. The molecular formula is C11H13F3N4O. The zero-order valence-corrected chi connectivity index (χ0v) is 10.2. The first-order valence-corrected chi connectivity index (χ1v) is 5.70. The van der Waals surface area contributed by atoms with E-state index in [9.17, 15) is 13.2 Å². The fraction of sp³-hybridized carbons (Fsp3) is 0.455. The second kappa shape index (κ2) is 5.33. The van der Waals surface area contributed by atoms with Crippen LogP contribution >= 0.6 is 0 Å². The Balaban J connectivity index is 2.05. The van der Waals surface area contributed by atoms with E-state index in [1.165, 1.54) is 0 Å². The van der Waals surface area contributed by atoms with Gasteiger partial charge in [-0.25, -0.2) is 4.98 Å². The highest BCUT2D eigenvalue weighted by atomic mass is 19.4. The molecule has 19 heavy (non-hydrogen) atoms. The van der Waals surface area contributed by atoms with Gasteiger partial charge in [0.05, 0.1) is 12.8 Å². The molecule has 8 heteroatoms. The molecule has 2 aromatic rings. The lowest BCUT2D eigenvalue weighted by Gasteiger charge is -2.09. The summed E-state index contributed by atoms with van der Waals surface area (Å²) < 4.78 is 43.0. The van der Waals surface area contributed by atoms with Gasteiger partial charge in [-0.15, -0.1) is 0 Å². The molecule has 0 saturated heterocycles. The summed E-state index contributed by atoms with van der Waals surface area (Å²) >= 11 is 0. The summed E-state index contributed by atoms with van der Waals surface area (Å²) in [6.07, 6.45) is -0.151. The molecule has 0 aliphatic carbocycles. The highest BCUT2D eigenvalue weighted by Crippen LogP contribution is 2.22. The van der Waals surface area contributed by atoms with Crippen LogP contribution in [0.4, 0.5) is 19.0 Å². The third-order valence-electron chi connectivity index (χ3n) is 2.44. The molecule has 5 nitrogen and oxygen atoms in total. The number of hydrogen-bond donors (Lipinski definition) is 1. The van der Waals surface area contributed by atoms with E-state index in [1.54, 1.807) is 30.0 Å². The summed E-state index contributed by atoms with van der Waals surface area (Å²) in [5.74, 6) is 0.773. The van der Waals surface area contributed by atoms with Gasteiger partial charge in [-0.1, -0.05) is 0 Å². The first-order chi connectivity index (χ1) is 8.99. The van der Waals surface area contributed by atoms with Crippen molar-refractivity contribution in [2.75, 3.05) is 19.0 Å². The Morgan fingerprint density at radius 3 is 2.89 bits per heavy atom. The predicted octanol–water partition coefficient (Wildman–Crippen LogP) is 2.49. The average Bonchev–Trinajstić information content (AvgIpc) is 2.81. The Bertz CT molecular complexity index is 552. The van der Waals surface area contributed by atoms with Gasteiger partial charge in [0.1, 0.15) is 5.82 Å². The molecule has 0 aromatic carbocycles. The number of anilines is 1. The maximum atomic E-state index is 12.0. The van der Waals surface area contributed by atoms with Crippen molar-refractivity contribution in [2.24, 2.45) is 0 Å². The molecule has 0 radical (unpaired) electrons. The van der Waals surface area contributed by atoms with Gasteiger partial charge >= 0.3 is 6.18 Å². The minimum Gasteiger partial charge on any atom is -0.475 e. The van der Waals surface area contributed by atoms with E-state index in [-0.39, 0.29) is 18.9 Å². The standard InChI is InChI=1S/C11H13F3N4O/c1-15-8-7-18-5-4-16-9(18)10(17-8)19-6-2-3-11(12,13)14/h4-5,7,15H,2-3,6H2,1H3. The van der Waals surface area contributed by atoms with Crippen molar-refractivity contribution < 1.29 is 17.9 Å². The Hall–Kier alpha value is -1.99. The molecule has 0 bridgehead atoms. The molecule has 1 N–H and O–H groups in total. The molecule has 0 aliphatic rings. The third kappa shape index (κ3) is 3.49. The van der Waals surface area contributed by atoms with Crippen molar-refractivity contribution in [2.45, 2.75) is 19.0 Å². The van der Waals surface area contributed by atoms with Crippen LogP contribution in [0.25, 0.3) is 5.65 Å². The number of fused-ring (bicyclic) bond motifs is 1. The number of hydrogen-bond acceptors (Lipinski definition) is 4. The monoisotopic (exact) mass is 274 g/mol. The highest BCUT2D eigenvalue weighted by Gasteiger charge is 2.26. The lowest BCUT2D eigenvalue weighted by Crippen LogP contribution is -2.10. The number of imidazole rings is 1. The van der Waals surface area contributed by atoms with Crippen LogP contribution < -0.4 is 10.1 Å². The summed E-state index contributed by atoms with van der Waals surface area (Å²) in [5.41, 5.74) is 0.478. The van der Waals surface area contributed by atoms with Crippen molar-refractivity contribution in [3.05, 3.63) is 18.6 Å². The van der Waals surface area contributed by atoms with E-state index in [4.69, 9.17) is 4.74 Å². The number of alkyl halides is 3. The molecular weight excluding hydrogens is 261 g/mol. The van der Waals surface area contributed by atoms with Gasteiger partial charge in [-0.2, -0.15) is 18.2 Å². The summed E-state index contributed by atoms with van der Waals surface area (Å²) in [4.78, 5) is 8.17. The van der Waals surface area contributed by atoms with E-state index >= 15 is 0 Å². The van der Waals surface area contributed by atoms with Crippen LogP contribution in [0.5, 0.6) is 5.88 Å². The quantitative estimate of drug-likeness (QED) is 0.851. The number of rotatable bonds is 5. The fourth-order valence-corrected chi connectivity index (χ4v) is 1.56. The van der Waals surface area contributed by atoms with E-state index < -0.39 is 12.6 Å². The maximum absolute atomic E-state index is 12.0. The van der Waals surface area contributed by atoms with Gasteiger partial charge in [0.2, 0.25) is 5.65 Å². The smallest absolute Gasteiger partial charge is 0.389 e. The second-order valence-corrected chi connectivity index (χ2v) is 3.91. The minimum absolute atomic E-state index is 0.0534. The Labute approximate surface area is 107 Å². The first-order valence-electron chi connectivity index (χ1n) is 5.70. The van der Waals surface area contributed by atoms with E-state index in [0.717, 1.165) is 0 Å². The van der Waals surface area contributed by atoms with Crippen LogP contribution in [0.1, 0.15) is 12.8 Å². The first kappa shape index (κ1) is 13.4. The fourth-order valence-electron chi connectivity index (χ4n) is 1.56. The molecule has 0 saturated carbocycles. The normalized spacial score (nSPS) is 11.8. The van der Waals surface area contributed by atoms with Crippen LogP contribution in [0.3, 0.4) is 0 Å². The van der Waals surface area contributed by atoms with Crippen molar-refractivity contribution in [3.63, 3.8) is 0 Å².